The molecule has 2 N–H and O–H groups in total. The quantitative estimate of drug-likeness (QED) is 0.672. The zero-order valence-corrected chi connectivity index (χ0v) is 6.85. The van der Waals surface area contributed by atoms with Crippen LogP contribution in [0.25, 0.3) is 0 Å². The summed E-state index contributed by atoms with van der Waals surface area (Å²) >= 11 is 1.26. The highest BCUT2D eigenvalue weighted by Crippen LogP contribution is 2.09. The first-order valence-corrected chi connectivity index (χ1v) is 3.90. The van der Waals surface area contributed by atoms with Crippen LogP contribution in [0.5, 0.6) is 0 Å². The molecule has 0 aliphatic rings. The minimum atomic E-state index is -0.649. The molecule has 5 nitrogen and oxygen atoms in total. The maximum atomic E-state index is 10.8. The van der Waals surface area contributed by atoms with E-state index in [0.29, 0.717) is 5.13 Å². The summed E-state index contributed by atoms with van der Waals surface area (Å²) in [5.74, 6) is -0.649. The number of nitrogens with one attached hydrogen (secondary N) is 2. The number of carbonyl (C=O) groups is 2. The highest BCUT2D eigenvalue weighted by molar-refractivity contribution is 7.13. The molecule has 0 aliphatic carbocycles. The van der Waals surface area contributed by atoms with Crippen LogP contribution in [0, 0.1) is 6.92 Å². The lowest BCUT2D eigenvalue weighted by molar-refractivity contribution is -0.115. The van der Waals surface area contributed by atoms with Crippen molar-refractivity contribution in [2.24, 2.45) is 0 Å². The summed E-state index contributed by atoms with van der Waals surface area (Å²) in [4.78, 5) is 24.9. The van der Waals surface area contributed by atoms with E-state index in [1.54, 1.807) is 11.6 Å². The van der Waals surface area contributed by atoms with Crippen LogP contribution in [0.2, 0.25) is 0 Å². The van der Waals surface area contributed by atoms with Gasteiger partial charge in [-0.2, -0.15) is 0 Å². The Morgan fingerprint density at radius 2 is 2.33 bits per heavy atom. The Bertz CT molecular complexity index is 283. The second kappa shape index (κ2) is 3.82. The monoisotopic (exact) mass is 184 g/mol. The number of aromatic nitrogens is 1. The number of hydrogen-bond acceptors (Lipinski definition) is 4. The fourth-order valence-corrected chi connectivity index (χ4v) is 1.06. The molecule has 0 aromatic carbocycles. The van der Waals surface area contributed by atoms with E-state index in [2.05, 4.69) is 17.2 Å². The third kappa shape index (κ3) is 2.67. The van der Waals surface area contributed by atoms with Crippen LogP contribution < -0.4 is 10.6 Å². The second-order valence-electron chi connectivity index (χ2n) is 1.84. The third-order valence-corrected chi connectivity index (χ3v) is 1.59. The van der Waals surface area contributed by atoms with E-state index in [0.717, 1.165) is 0 Å². The summed E-state index contributed by atoms with van der Waals surface area (Å²) in [7, 11) is 0. The molecule has 0 saturated heterocycles. The van der Waals surface area contributed by atoms with Gasteiger partial charge in [-0.05, 0) is 0 Å². The molecular formula is C6H6N3O2S. The molecule has 0 aliphatic heterocycles. The van der Waals surface area contributed by atoms with Crippen LogP contribution in [0.3, 0.4) is 0 Å². The lowest BCUT2D eigenvalue weighted by Gasteiger charge is -1.99. The Morgan fingerprint density at radius 1 is 1.58 bits per heavy atom. The smallest absolute Gasteiger partial charge is 0.283 e. The van der Waals surface area contributed by atoms with Gasteiger partial charge < -0.3 is 0 Å². The van der Waals surface area contributed by atoms with Crippen LogP contribution in [0.4, 0.5) is 9.93 Å². The first-order chi connectivity index (χ1) is 5.68. The van der Waals surface area contributed by atoms with Crippen molar-refractivity contribution >= 4 is 28.4 Å². The number of nitrogens with zero attached hydrogens (tertiary/aromatic N) is 1. The van der Waals surface area contributed by atoms with Crippen molar-refractivity contribution < 1.29 is 9.59 Å². The molecule has 0 unspecified atom stereocenters. The van der Waals surface area contributed by atoms with Gasteiger partial charge in [-0.15, -0.1) is 11.3 Å². The number of amides is 3. The first kappa shape index (κ1) is 8.66. The predicted octanol–water partition coefficient (Wildman–Crippen LogP) is 0.625. The van der Waals surface area contributed by atoms with E-state index in [-0.39, 0.29) is 0 Å². The van der Waals surface area contributed by atoms with E-state index < -0.39 is 11.9 Å². The van der Waals surface area contributed by atoms with Gasteiger partial charge in [-0.1, -0.05) is 0 Å². The van der Waals surface area contributed by atoms with E-state index in [1.165, 1.54) is 11.3 Å². The van der Waals surface area contributed by atoms with Gasteiger partial charge in [0.05, 0.1) is 0 Å². The zero-order valence-electron chi connectivity index (χ0n) is 6.03. The molecule has 3 amide bonds. The van der Waals surface area contributed by atoms with Crippen molar-refractivity contribution in [2.45, 2.75) is 0 Å². The summed E-state index contributed by atoms with van der Waals surface area (Å²) < 4.78 is 0. The topological polar surface area (TPSA) is 71.1 Å². The van der Waals surface area contributed by atoms with Crippen LogP contribution in [0.15, 0.2) is 11.6 Å². The van der Waals surface area contributed by atoms with Gasteiger partial charge in [0.2, 0.25) is 5.91 Å². The van der Waals surface area contributed by atoms with Crippen LogP contribution >= 0.6 is 11.3 Å². The van der Waals surface area contributed by atoms with Crippen molar-refractivity contribution in [3.8, 4) is 0 Å². The summed E-state index contributed by atoms with van der Waals surface area (Å²) in [6.45, 7) is 2.98. The SMILES string of the molecule is [CH2]C(=O)NC(=O)Nc1nccs1. The Morgan fingerprint density at radius 3 is 2.83 bits per heavy atom. The minimum Gasteiger partial charge on any atom is -0.283 e. The lowest BCUT2D eigenvalue weighted by atomic mass is 10.7. The van der Waals surface area contributed by atoms with E-state index in [1.807, 2.05) is 5.32 Å². The number of hydrogen-bond donors (Lipinski definition) is 2. The Labute approximate surface area is 72.8 Å². The van der Waals surface area contributed by atoms with Crippen molar-refractivity contribution in [1.29, 1.82) is 0 Å². The van der Waals surface area contributed by atoms with Crippen LogP contribution in [-0.4, -0.2) is 16.9 Å². The van der Waals surface area contributed by atoms with Crippen molar-refractivity contribution in [2.75, 3.05) is 5.32 Å². The van der Waals surface area contributed by atoms with Gasteiger partial charge in [-0.3, -0.25) is 15.4 Å². The number of thiazole rings is 1. The van der Waals surface area contributed by atoms with Crippen molar-refractivity contribution in [1.82, 2.24) is 10.3 Å². The van der Waals surface area contributed by atoms with E-state index >= 15 is 0 Å². The largest absolute Gasteiger partial charge is 0.327 e. The van der Waals surface area contributed by atoms with Gasteiger partial charge in [0, 0.05) is 18.5 Å². The molecule has 0 atom stereocenters. The number of urea groups is 1. The third-order valence-electron chi connectivity index (χ3n) is 0.906. The standard InChI is InChI=1S/C6H6N3O2S/c1-4(10)8-5(11)9-6-7-2-3-12-6/h2-3H,1H2,(H2,7,8,9,10,11). The molecule has 1 radical (unpaired) electrons. The fourth-order valence-electron chi connectivity index (χ4n) is 0.540. The van der Waals surface area contributed by atoms with Gasteiger partial charge >= 0.3 is 6.03 Å². The Balaban J connectivity index is 2.42. The lowest BCUT2D eigenvalue weighted by Crippen LogP contribution is -2.32. The number of carbonyl (C=O) groups excluding carboxylic acids is 2. The highest BCUT2D eigenvalue weighted by Gasteiger charge is 2.03. The summed E-state index contributed by atoms with van der Waals surface area (Å²) in [6.07, 6.45) is 1.55. The average molecular weight is 184 g/mol. The first-order valence-electron chi connectivity index (χ1n) is 3.02. The Hall–Kier alpha value is -1.43. The van der Waals surface area contributed by atoms with Gasteiger partial charge in [0.25, 0.3) is 0 Å². The maximum Gasteiger partial charge on any atom is 0.327 e. The summed E-state index contributed by atoms with van der Waals surface area (Å²) in [5.41, 5.74) is 0. The van der Waals surface area contributed by atoms with Gasteiger partial charge in [0.1, 0.15) is 0 Å². The number of rotatable bonds is 1. The molecule has 1 aromatic rings. The molecule has 1 aromatic heterocycles. The molecule has 1 heterocycles. The Kier molecular flexibility index (Phi) is 2.76. The predicted molar refractivity (Wildman–Crippen MR) is 44.6 cm³/mol. The van der Waals surface area contributed by atoms with Crippen LogP contribution in [0.1, 0.15) is 0 Å². The molecule has 6 heteroatoms. The van der Waals surface area contributed by atoms with Crippen LogP contribution in [-0.2, 0) is 4.79 Å². The molecule has 0 bridgehead atoms. The molecule has 12 heavy (non-hydrogen) atoms. The fraction of sp³-hybridized carbons (Fsp3) is 0. The normalized spacial score (nSPS) is 9.08. The molecule has 0 spiro atoms. The van der Waals surface area contributed by atoms with E-state index in [4.69, 9.17) is 0 Å². The average Bonchev–Trinajstić information content (AvgIpc) is 2.37. The number of imide groups is 1. The molecule has 1 rings (SSSR count). The number of anilines is 1. The maximum absolute atomic E-state index is 10.8. The molecule has 63 valence electrons. The zero-order chi connectivity index (χ0) is 8.97. The van der Waals surface area contributed by atoms with Gasteiger partial charge in [0.15, 0.2) is 5.13 Å². The molecule has 0 saturated carbocycles. The minimum absolute atomic E-state index is 0.439. The summed E-state index contributed by atoms with van der Waals surface area (Å²) in [5, 5.41) is 6.45. The summed E-state index contributed by atoms with van der Waals surface area (Å²) in [6, 6.07) is -0.620. The molecular weight excluding hydrogens is 178 g/mol. The second-order valence-corrected chi connectivity index (χ2v) is 2.73. The van der Waals surface area contributed by atoms with E-state index in [9.17, 15) is 9.59 Å². The van der Waals surface area contributed by atoms with Gasteiger partial charge in [-0.25, -0.2) is 9.78 Å². The van der Waals surface area contributed by atoms with Crippen molar-refractivity contribution in [3.05, 3.63) is 18.5 Å². The molecule has 0 fully saturated rings. The highest BCUT2D eigenvalue weighted by atomic mass is 32.1. The van der Waals surface area contributed by atoms with Crippen molar-refractivity contribution in [3.63, 3.8) is 0 Å².